The molecule has 0 atom stereocenters. The third-order valence-electron chi connectivity index (χ3n) is 3.38. The van der Waals surface area contributed by atoms with Crippen molar-refractivity contribution in [1.29, 1.82) is 0 Å². The summed E-state index contributed by atoms with van der Waals surface area (Å²) in [7, 11) is 0. The Labute approximate surface area is 158 Å². The van der Waals surface area contributed by atoms with Crippen molar-refractivity contribution in [3.63, 3.8) is 0 Å². The Balaban J connectivity index is -0.00000200. The van der Waals surface area contributed by atoms with Gasteiger partial charge in [0.25, 0.3) is 0 Å². The van der Waals surface area contributed by atoms with Gasteiger partial charge in [0.15, 0.2) is 0 Å². The molecule has 0 heterocycles. The smallest absolute Gasteiger partial charge is 1.00 e. The molecule has 0 aromatic rings. The molecule has 1 N–H and O–H groups in total. The van der Waals surface area contributed by atoms with E-state index < -0.39 is 11.9 Å². The number of unbranched alkanes of at least 4 members (excludes halogenated alkanes) is 9. The first-order valence-corrected chi connectivity index (χ1v) is 8.14. The SMILES string of the molecule is C=C(CC(=O)O)C(=O)OCCCCCCCCCCCC.[H-].[Na+]. The maximum absolute atomic E-state index is 11.4. The van der Waals surface area contributed by atoms with E-state index in [1.807, 2.05) is 0 Å². The quantitative estimate of drug-likeness (QED) is 0.228. The Kier molecular flexibility index (Phi) is 18.5. The zero-order valence-corrected chi connectivity index (χ0v) is 16.4. The summed E-state index contributed by atoms with van der Waals surface area (Å²) in [6.45, 7) is 5.99. The Morgan fingerprint density at radius 2 is 1.41 bits per heavy atom. The number of ether oxygens (including phenoxy) is 1. The topological polar surface area (TPSA) is 63.6 Å². The first-order chi connectivity index (χ1) is 10.1. The molecule has 0 aromatic carbocycles. The third kappa shape index (κ3) is 16.1. The van der Waals surface area contributed by atoms with Crippen LogP contribution in [0.2, 0.25) is 0 Å². The predicted octanol–water partition coefficient (Wildman–Crippen LogP) is 1.60. The van der Waals surface area contributed by atoms with Crippen molar-refractivity contribution in [2.45, 2.75) is 77.6 Å². The van der Waals surface area contributed by atoms with Gasteiger partial charge in [-0.1, -0.05) is 71.3 Å². The summed E-state index contributed by atoms with van der Waals surface area (Å²) in [5.41, 5.74) is 0.00887. The number of carbonyl (C=O) groups excluding carboxylic acids is 1. The standard InChI is InChI=1S/C17H30O4.Na.H/c1-3-4-5-6-7-8-9-10-11-12-13-21-17(20)15(2)14-16(18)19;;/h2-14H2,1H3,(H,18,19);;/q;+1;-1. The Morgan fingerprint density at radius 3 is 1.86 bits per heavy atom. The Morgan fingerprint density at radius 1 is 0.955 bits per heavy atom. The number of carboxylic acid groups (broad SMARTS) is 1. The van der Waals surface area contributed by atoms with Gasteiger partial charge in [-0.05, 0) is 6.42 Å². The van der Waals surface area contributed by atoms with Crippen LogP contribution in [0.5, 0.6) is 0 Å². The molecule has 0 aliphatic rings. The maximum Gasteiger partial charge on any atom is 1.00 e. The first kappa shape index (κ1) is 23.9. The van der Waals surface area contributed by atoms with Crippen LogP contribution >= 0.6 is 0 Å². The van der Waals surface area contributed by atoms with Crippen molar-refractivity contribution in [2.75, 3.05) is 6.61 Å². The van der Waals surface area contributed by atoms with Gasteiger partial charge < -0.3 is 11.3 Å². The average molecular weight is 322 g/mol. The summed E-state index contributed by atoms with van der Waals surface area (Å²) in [5, 5.41) is 8.52. The van der Waals surface area contributed by atoms with E-state index in [1.165, 1.54) is 51.4 Å². The van der Waals surface area contributed by atoms with E-state index in [0.717, 1.165) is 12.8 Å². The molecular formula is C17H31NaO4. The van der Waals surface area contributed by atoms with E-state index in [-0.39, 0.29) is 43.0 Å². The van der Waals surface area contributed by atoms with Gasteiger partial charge in [0.1, 0.15) is 0 Å². The van der Waals surface area contributed by atoms with Crippen molar-refractivity contribution >= 4 is 11.9 Å². The molecule has 0 saturated heterocycles. The second-order valence-corrected chi connectivity index (χ2v) is 5.49. The summed E-state index contributed by atoms with van der Waals surface area (Å²) < 4.78 is 4.97. The van der Waals surface area contributed by atoms with E-state index in [4.69, 9.17) is 9.84 Å². The normalized spacial score (nSPS) is 9.86. The molecule has 4 nitrogen and oxygen atoms in total. The van der Waals surface area contributed by atoms with Crippen LogP contribution in [0.15, 0.2) is 12.2 Å². The van der Waals surface area contributed by atoms with Crippen molar-refractivity contribution in [3.8, 4) is 0 Å². The molecule has 0 bridgehead atoms. The molecule has 0 spiro atoms. The second kappa shape index (κ2) is 17.0. The third-order valence-corrected chi connectivity index (χ3v) is 3.38. The number of rotatable bonds is 14. The molecule has 0 aromatic heterocycles. The van der Waals surface area contributed by atoms with Crippen molar-refractivity contribution in [1.82, 2.24) is 0 Å². The van der Waals surface area contributed by atoms with Gasteiger partial charge in [0.05, 0.1) is 13.0 Å². The summed E-state index contributed by atoms with van der Waals surface area (Å²) in [6.07, 6.45) is 11.9. The van der Waals surface area contributed by atoms with Crippen molar-refractivity contribution in [2.24, 2.45) is 0 Å². The predicted molar refractivity (Wildman–Crippen MR) is 85.3 cm³/mol. The zero-order chi connectivity index (χ0) is 15.9. The van der Waals surface area contributed by atoms with Gasteiger partial charge in [0.2, 0.25) is 0 Å². The fourth-order valence-corrected chi connectivity index (χ4v) is 2.11. The molecule has 0 rings (SSSR count). The molecular weight excluding hydrogens is 291 g/mol. The number of hydrogen-bond donors (Lipinski definition) is 1. The van der Waals surface area contributed by atoms with Crippen LogP contribution in [-0.2, 0) is 14.3 Å². The van der Waals surface area contributed by atoms with Gasteiger partial charge in [-0.2, -0.15) is 0 Å². The molecule has 0 radical (unpaired) electrons. The van der Waals surface area contributed by atoms with Crippen LogP contribution in [0, 0.1) is 0 Å². The minimum absolute atomic E-state index is 0. The van der Waals surface area contributed by atoms with E-state index in [0.29, 0.717) is 6.61 Å². The number of hydrogen-bond acceptors (Lipinski definition) is 3. The van der Waals surface area contributed by atoms with Crippen LogP contribution in [0.1, 0.15) is 79.0 Å². The Hall–Kier alpha value is -0.320. The van der Waals surface area contributed by atoms with Crippen LogP contribution in [-0.4, -0.2) is 23.7 Å². The molecule has 5 heteroatoms. The van der Waals surface area contributed by atoms with Gasteiger partial charge in [-0.15, -0.1) is 0 Å². The van der Waals surface area contributed by atoms with E-state index in [1.54, 1.807) is 0 Å². The van der Waals surface area contributed by atoms with Crippen LogP contribution in [0.25, 0.3) is 0 Å². The first-order valence-electron chi connectivity index (χ1n) is 8.14. The molecule has 0 unspecified atom stereocenters. The number of carbonyl (C=O) groups is 2. The fourth-order valence-electron chi connectivity index (χ4n) is 2.11. The number of carboxylic acids is 1. The molecule has 0 fully saturated rings. The molecule has 124 valence electrons. The fraction of sp³-hybridized carbons (Fsp3) is 0.765. The number of esters is 1. The summed E-state index contributed by atoms with van der Waals surface area (Å²) in [4.78, 5) is 21.8. The Bertz CT molecular complexity index is 322. The maximum atomic E-state index is 11.4. The largest absolute Gasteiger partial charge is 1.00 e. The van der Waals surface area contributed by atoms with Gasteiger partial charge in [-0.3, -0.25) is 4.79 Å². The molecule has 0 saturated carbocycles. The van der Waals surface area contributed by atoms with E-state index in [2.05, 4.69) is 13.5 Å². The average Bonchev–Trinajstić information content (AvgIpc) is 2.43. The van der Waals surface area contributed by atoms with E-state index >= 15 is 0 Å². The minimum Gasteiger partial charge on any atom is -1.00 e. The number of aliphatic carboxylic acids is 1. The van der Waals surface area contributed by atoms with Crippen LogP contribution in [0.3, 0.4) is 0 Å². The monoisotopic (exact) mass is 322 g/mol. The van der Waals surface area contributed by atoms with Gasteiger partial charge in [-0.25, -0.2) is 4.79 Å². The van der Waals surface area contributed by atoms with Gasteiger partial charge >= 0.3 is 41.5 Å². The molecule has 0 amide bonds. The molecule has 0 aliphatic heterocycles. The minimum atomic E-state index is -1.06. The molecule has 0 aliphatic carbocycles. The zero-order valence-electron chi connectivity index (χ0n) is 15.4. The van der Waals surface area contributed by atoms with Crippen LogP contribution < -0.4 is 29.6 Å². The van der Waals surface area contributed by atoms with Gasteiger partial charge in [0, 0.05) is 5.57 Å². The summed E-state index contributed by atoms with van der Waals surface area (Å²) >= 11 is 0. The molecule has 22 heavy (non-hydrogen) atoms. The summed E-state index contributed by atoms with van der Waals surface area (Å²) in [6, 6.07) is 0. The van der Waals surface area contributed by atoms with Crippen molar-refractivity contribution in [3.05, 3.63) is 12.2 Å². The van der Waals surface area contributed by atoms with Crippen LogP contribution in [0.4, 0.5) is 0 Å². The summed E-state index contributed by atoms with van der Waals surface area (Å²) in [5.74, 6) is -1.65. The second-order valence-electron chi connectivity index (χ2n) is 5.49. The van der Waals surface area contributed by atoms with E-state index in [9.17, 15) is 9.59 Å². The van der Waals surface area contributed by atoms with Crippen molar-refractivity contribution < 1.29 is 50.4 Å².